The predicted octanol–water partition coefficient (Wildman–Crippen LogP) is -0.985. The Balaban J connectivity index is 2.11. The molecule has 1 aliphatic rings. The second-order valence-corrected chi connectivity index (χ2v) is 4.86. The van der Waals surface area contributed by atoms with Crippen molar-refractivity contribution in [1.29, 1.82) is 0 Å². The van der Waals surface area contributed by atoms with Crippen LogP contribution >= 0.6 is 0 Å². The zero-order valence-corrected chi connectivity index (χ0v) is 10.5. The van der Waals surface area contributed by atoms with Crippen molar-refractivity contribution < 1.29 is 21.4 Å². The number of aliphatic hydroxyl groups is 3. The topological polar surface area (TPSA) is 127 Å². The molecule has 1 unspecified atom stereocenters. The maximum atomic E-state index is 10.6. The third-order valence-corrected chi connectivity index (χ3v) is 3.57. The van der Waals surface area contributed by atoms with E-state index in [0.29, 0.717) is 11.0 Å². The fraction of sp³-hybridized carbons (Fsp3) is 0.500. The molecule has 3 heterocycles. The van der Waals surface area contributed by atoms with Crippen molar-refractivity contribution in [1.82, 2.24) is 14.5 Å². The van der Waals surface area contributed by atoms with Gasteiger partial charge in [0.15, 0.2) is 6.23 Å². The minimum absolute atomic E-state index is 0.283. The van der Waals surface area contributed by atoms with E-state index in [4.69, 9.17) is 11.8 Å². The number of anilines is 1. The van der Waals surface area contributed by atoms with Crippen LogP contribution in [0.25, 0.3) is 11.0 Å². The molecule has 1 fully saturated rings. The van der Waals surface area contributed by atoms with E-state index >= 15 is 0 Å². The standard InChI is InChI=1S/C12H16N4O4/c1-12(19)8(18)7(4-17)20-11(12)16-3-2-6-9(13)14-5-15-10(6)16/h2-3,5,7-8,11,17-19H,4H2,1H3,(H2,13,14,15)/t7-,8-,11?,12+/m1/s1/i1D. The van der Waals surface area contributed by atoms with E-state index < -0.39 is 37.5 Å². The normalized spacial score (nSPS) is 34.5. The van der Waals surface area contributed by atoms with E-state index in [-0.39, 0.29) is 5.82 Å². The monoisotopic (exact) mass is 281 g/mol. The zero-order valence-electron chi connectivity index (χ0n) is 11.5. The maximum absolute atomic E-state index is 10.6. The van der Waals surface area contributed by atoms with Gasteiger partial charge in [0.05, 0.1) is 12.0 Å². The molecule has 0 bridgehead atoms. The van der Waals surface area contributed by atoms with Crippen LogP contribution in [0.15, 0.2) is 18.6 Å². The van der Waals surface area contributed by atoms with Gasteiger partial charge < -0.3 is 30.4 Å². The van der Waals surface area contributed by atoms with E-state index in [1.807, 2.05) is 0 Å². The van der Waals surface area contributed by atoms with Crippen molar-refractivity contribution in [3.8, 4) is 0 Å². The van der Waals surface area contributed by atoms with Crippen LogP contribution in [0.1, 0.15) is 14.5 Å². The Bertz CT molecular complexity index is 666. The lowest BCUT2D eigenvalue weighted by Crippen LogP contribution is -2.44. The van der Waals surface area contributed by atoms with Gasteiger partial charge in [0.25, 0.3) is 0 Å². The third kappa shape index (κ3) is 1.70. The third-order valence-electron chi connectivity index (χ3n) is 3.57. The maximum Gasteiger partial charge on any atom is 0.167 e. The summed E-state index contributed by atoms with van der Waals surface area (Å²) in [6.45, 7) is -0.953. The molecule has 5 N–H and O–H groups in total. The highest BCUT2D eigenvalue weighted by atomic mass is 16.6. The second kappa shape index (κ2) is 4.38. The highest BCUT2D eigenvalue weighted by Crippen LogP contribution is 2.39. The number of ether oxygens (including phenoxy) is 1. The summed E-state index contributed by atoms with van der Waals surface area (Å²) in [5.41, 5.74) is 4.33. The molecule has 0 amide bonds. The summed E-state index contributed by atoms with van der Waals surface area (Å²) in [5, 5.41) is 30.4. The fourth-order valence-electron chi connectivity index (χ4n) is 2.45. The Kier molecular flexibility index (Phi) is 2.64. The summed E-state index contributed by atoms with van der Waals surface area (Å²) in [7, 11) is 0. The Labute approximate surface area is 115 Å². The molecule has 0 aromatic carbocycles. The van der Waals surface area contributed by atoms with Gasteiger partial charge in [-0.3, -0.25) is 0 Å². The van der Waals surface area contributed by atoms with Crippen molar-refractivity contribution in [3.63, 3.8) is 0 Å². The van der Waals surface area contributed by atoms with Crippen LogP contribution in [-0.2, 0) is 4.74 Å². The van der Waals surface area contributed by atoms with Crippen LogP contribution in [0, 0.1) is 0 Å². The molecule has 0 saturated carbocycles. The Morgan fingerprint density at radius 2 is 2.40 bits per heavy atom. The van der Waals surface area contributed by atoms with E-state index in [1.54, 1.807) is 12.3 Å². The number of aliphatic hydroxyl groups excluding tert-OH is 2. The number of hydrogen-bond acceptors (Lipinski definition) is 7. The van der Waals surface area contributed by atoms with Gasteiger partial charge in [0, 0.05) is 7.57 Å². The van der Waals surface area contributed by atoms with E-state index in [2.05, 4.69) is 9.97 Å². The average molecular weight is 281 g/mol. The van der Waals surface area contributed by atoms with Crippen molar-refractivity contribution in [2.45, 2.75) is 30.9 Å². The molecule has 0 aliphatic carbocycles. The molecule has 8 nitrogen and oxygen atoms in total. The van der Waals surface area contributed by atoms with Crippen LogP contribution in [0.2, 0.25) is 0 Å². The van der Waals surface area contributed by atoms with Gasteiger partial charge in [-0.25, -0.2) is 9.97 Å². The van der Waals surface area contributed by atoms with Crippen molar-refractivity contribution in [3.05, 3.63) is 18.6 Å². The molecule has 108 valence electrons. The Morgan fingerprint density at radius 1 is 1.60 bits per heavy atom. The number of nitrogen functional groups attached to an aromatic ring is 1. The first-order chi connectivity index (χ1) is 10.0. The Hall–Kier alpha value is -1.74. The van der Waals surface area contributed by atoms with Gasteiger partial charge in [-0.2, -0.15) is 0 Å². The largest absolute Gasteiger partial charge is 0.394 e. The number of hydrogen-bond donors (Lipinski definition) is 4. The van der Waals surface area contributed by atoms with Gasteiger partial charge in [0.2, 0.25) is 0 Å². The number of aromatic nitrogens is 3. The summed E-state index contributed by atoms with van der Waals surface area (Å²) in [6, 6.07) is 1.66. The first-order valence-electron chi connectivity index (χ1n) is 6.76. The van der Waals surface area contributed by atoms with Gasteiger partial charge in [-0.05, 0) is 13.0 Å². The lowest BCUT2D eigenvalue weighted by Gasteiger charge is -2.27. The second-order valence-electron chi connectivity index (χ2n) is 4.86. The molecule has 1 saturated heterocycles. The molecule has 20 heavy (non-hydrogen) atoms. The molecule has 3 rings (SSSR count). The molecule has 0 radical (unpaired) electrons. The first-order valence-corrected chi connectivity index (χ1v) is 6.06. The highest BCUT2D eigenvalue weighted by molar-refractivity contribution is 5.86. The minimum Gasteiger partial charge on any atom is -0.394 e. The first kappa shape index (κ1) is 12.0. The van der Waals surface area contributed by atoms with Crippen molar-refractivity contribution in [2.75, 3.05) is 12.3 Å². The lowest BCUT2D eigenvalue weighted by molar-refractivity contribution is -0.0948. The molecule has 2 aromatic rings. The van der Waals surface area contributed by atoms with Gasteiger partial charge in [0.1, 0.15) is 35.6 Å². The van der Waals surface area contributed by atoms with E-state index in [9.17, 15) is 15.3 Å². The fourth-order valence-corrected chi connectivity index (χ4v) is 2.45. The summed E-state index contributed by atoms with van der Waals surface area (Å²) >= 11 is 0. The molecule has 8 heteroatoms. The number of nitrogens with zero attached hydrogens (tertiary/aromatic N) is 3. The zero-order chi connectivity index (χ0) is 15.2. The number of rotatable bonds is 2. The average Bonchev–Trinajstić information content (AvgIpc) is 3.01. The highest BCUT2D eigenvalue weighted by Gasteiger charge is 2.53. The van der Waals surface area contributed by atoms with Crippen molar-refractivity contribution in [2.24, 2.45) is 0 Å². The lowest BCUT2D eigenvalue weighted by atomic mass is 9.96. The van der Waals surface area contributed by atoms with Crippen LogP contribution < -0.4 is 5.73 Å². The minimum atomic E-state index is -1.85. The SMILES string of the molecule is [2H]C[C@@]1(O)C(n2ccc3c(N)ncnc32)O[C@H](CO)[C@H]1O. The molecular formula is C12H16N4O4. The number of fused-ring (bicyclic) bond motifs is 1. The Morgan fingerprint density at radius 3 is 3.10 bits per heavy atom. The molecule has 1 aliphatic heterocycles. The summed E-state index contributed by atoms with van der Waals surface area (Å²) < 4.78 is 14.5. The van der Waals surface area contributed by atoms with Crippen molar-refractivity contribution >= 4 is 16.9 Å². The van der Waals surface area contributed by atoms with E-state index in [1.165, 1.54) is 10.9 Å². The quantitative estimate of drug-likeness (QED) is 0.557. The van der Waals surface area contributed by atoms with Crippen LogP contribution in [0.3, 0.4) is 0 Å². The smallest absolute Gasteiger partial charge is 0.167 e. The van der Waals surface area contributed by atoms with Gasteiger partial charge in [-0.1, -0.05) is 0 Å². The van der Waals surface area contributed by atoms with Crippen LogP contribution in [0.4, 0.5) is 5.82 Å². The molecule has 2 aromatic heterocycles. The van der Waals surface area contributed by atoms with Crippen LogP contribution in [-0.4, -0.2) is 54.3 Å². The van der Waals surface area contributed by atoms with Gasteiger partial charge in [-0.15, -0.1) is 0 Å². The molecule has 0 spiro atoms. The van der Waals surface area contributed by atoms with Gasteiger partial charge >= 0.3 is 0 Å². The van der Waals surface area contributed by atoms with E-state index in [0.717, 1.165) is 0 Å². The summed E-state index contributed by atoms with van der Waals surface area (Å²) in [4.78, 5) is 7.97. The molecular weight excluding hydrogens is 264 g/mol. The summed E-state index contributed by atoms with van der Waals surface area (Å²) in [5.74, 6) is 0.283. The molecule has 4 atom stereocenters. The summed E-state index contributed by atoms with van der Waals surface area (Å²) in [6.07, 6.45) is -0.520. The number of nitrogens with two attached hydrogens (primary N) is 1. The predicted molar refractivity (Wildman–Crippen MR) is 69.6 cm³/mol. The van der Waals surface area contributed by atoms with Crippen LogP contribution in [0.5, 0.6) is 0 Å².